The molecule has 2 amide bonds. The Balaban J connectivity index is 4.22. The number of carbonyl (C=O) groups excluding carboxylic acids is 4. The summed E-state index contributed by atoms with van der Waals surface area (Å²) in [6.45, 7) is 12.5. The first-order valence-electron chi connectivity index (χ1n) is 10.8. The van der Waals surface area contributed by atoms with E-state index in [-0.39, 0.29) is 50.7 Å². The molecule has 0 saturated carbocycles. The number of amides is 2. The Bertz CT molecular complexity index is 658. The zero-order valence-electron chi connectivity index (χ0n) is 20.6. The lowest BCUT2D eigenvalue weighted by Gasteiger charge is -2.33. The highest BCUT2D eigenvalue weighted by molar-refractivity contribution is 5.87. The van der Waals surface area contributed by atoms with Gasteiger partial charge in [-0.1, -0.05) is 13.2 Å². The molecule has 0 saturated heterocycles. The maximum Gasteiger partial charge on any atom is 0.407 e. The van der Waals surface area contributed by atoms with Gasteiger partial charge in [-0.25, -0.2) is 19.2 Å². The molecule has 34 heavy (non-hydrogen) atoms. The summed E-state index contributed by atoms with van der Waals surface area (Å²) in [4.78, 5) is 46.1. The summed E-state index contributed by atoms with van der Waals surface area (Å²) in [6, 6.07) is 0. The van der Waals surface area contributed by atoms with E-state index in [2.05, 4.69) is 23.8 Å². The van der Waals surface area contributed by atoms with Crippen molar-refractivity contribution in [3.8, 4) is 0 Å². The molecule has 0 heterocycles. The van der Waals surface area contributed by atoms with E-state index in [9.17, 15) is 19.2 Å². The summed E-state index contributed by atoms with van der Waals surface area (Å²) in [5.74, 6) is -1.05. The molecule has 194 valence electrons. The Morgan fingerprint density at radius 2 is 1.06 bits per heavy atom. The average molecular weight is 489 g/mol. The van der Waals surface area contributed by atoms with Gasteiger partial charge in [-0.3, -0.25) is 0 Å². The molecule has 2 N–H and O–H groups in total. The molecule has 0 rings (SSSR count). The first-order chi connectivity index (χ1) is 16.0. The standard InChI is InChI=1S/C22H37N3O9/c1-17(2)19(26)31-12-7-23-21(28)33-15-10-25(5,9-14-30-6)11-16-34-22(29)24-8-13-32-20(27)18(3)4/h1,3,7-16H2,2,4-6H3,(H-,23,24,28,29)/p+1. The van der Waals surface area contributed by atoms with E-state index in [1.54, 1.807) is 7.11 Å². The minimum absolute atomic E-state index is 0.0120. The largest absolute Gasteiger partial charge is 0.460 e. The third kappa shape index (κ3) is 15.6. The number of nitrogens with zero attached hydrogens (tertiary/aromatic N) is 1. The SMILES string of the molecule is C=C(C)C(=O)OCCNC(=O)OCC[N+](C)(CCOC)CCOC(=O)NCCOC(=O)C(=C)C. The van der Waals surface area contributed by atoms with Gasteiger partial charge >= 0.3 is 24.1 Å². The Morgan fingerprint density at radius 3 is 1.41 bits per heavy atom. The molecule has 0 aliphatic carbocycles. The van der Waals surface area contributed by atoms with Crippen molar-refractivity contribution in [3.63, 3.8) is 0 Å². The van der Waals surface area contributed by atoms with Gasteiger partial charge in [0.15, 0.2) is 0 Å². The Morgan fingerprint density at radius 1 is 0.676 bits per heavy atom. The Kier molecular flexibility index (Phi) is 15.8. The van der Waals surface area contributed by atoms with Crippen LogP contribution in [-0.4, -0.2) is 109 Å². The summed E-state index contributed by atoms with van der Waals surface area (Å²) in [5.41, 5.74) is 0.558. The zero-order chi connectivity index (χ0) is 26.0. The third-order valence-electron chi connectivity index (χ3n) is 4.47. The molecule has 0 bridgehead atoms. The molecule has 0 unspecified atom stereocenters. The van der Waals surface area contributed by atoms with Crippen molar-refractivity contribution in [1.29, 1.82) is 0 Å². The number of nitrogens with one attached hydrogen (secondary N) is 2. The number of ether oxygens (including phenoxy) is 5. The van der Waals surface area contributed by atoms with Crippen LogP contribution in [0.1, 0.15) is 13.8 Å². The normalized spacial score (nSPS) is 10.6. The van der Waals surface area contributed by atoms with E-state index in [1.807, 2.05) is 7.05 Å². The molecule has 0 radical (unpaired) electrons. The summed E-state index contributed by atoms with van der Waals surface area (Å²) in [5, 5.41) is 4.98. The third-order valence-corrected chi connectivity index (χ3v) is 4.47. The van der Waals surface area contributed by atoms with E-state index < -0.39 is 24.1 Å². The van der Waals surface area contributed by atoms with E-state index in [4.69, 9.17) is 23.7 Å². The van der Waals surface area contributed by atoms with Gasteiger partial charge < -0.3 is 38.8 Å². The minimum atomic E-state index is -0.632. The van der Waals surface area contributed by atoms with Gasteiger partial charge in [0.05, 0.1) is 26.7 Å². The lowest BCUT2D eigenvalue weighted by Crippen LogP contribution is -2.51. The molecule has 0 aromatic carbocycles. The molecule has 0 spiro atoms. The summed E-state index contributed by atoms with van der Waals surface area (Å²) < 4.78 is 25.7. The van der Waals surface area contributed by atoms with Gasteiger partial charge in [0, 0.05) is 18.3 Å². The van der Waals surface area contributed by atoms with Crippen LogP contribution in [0.2, 0.25) is 0 Å². The number of alkyl carbamates (subject to hydrolysis) is 2. The smallest absolute Gasteiger partial charge is 0.407 e. The van der Waals surface area contributed by atoms with Gasteiger partial charge in [-0.2, -0.15) is 0 Å². The van der Waals surface area contributed by atoms with Crippen LogP contribution in [0.25, 0.3) is 0 Å². The average Bonchev–Trinajstić information content (AvgIpc) is 2.77. The van der Waals surface area contributed by atoms with Crippen molar-refractivity contribution < 1.29 is 47.3 Å². The number of esters is 2. The van der Waals surface area contributed by atoms with Crippen LogP contribution in [0.5, 0.6) is 0 Å². The first-order valence-corrected chi connectivity index (χ1v) is 10.8. The van der Waals surface area contributed by atoms with Gasteiger partial charge in [0.25, 0.3) is 0 Å². The highest BCUT2D eigenvalue weighted by atomic mass is 16.6. The van der Waals surface area contributed by atoms with Crippen LogP contribution in [0.3, 0.4) is 0 Å². The Labute approximate surface area is 200 Å². The maximum atomic E-state index is 11.8. The number of rotatable bonds is 17. The number of hydrogen-bond donors (Lipinski definition) is 2. The van der Waals surface area contributed by atoms with Gasteiger partial charge in [-0.15, -0.1) is 0 Å². The lowest BCUT2D eigenvalue weighted by atomic mass is 10.3. The van der Waals surface area contributed by atoms with Crippen molar-refractivity contribution >= 4 is 24.1 Å². The predicted molar refractivity (Wildman–Crippen MR) is 123 cm³/mol. The van der Waals surface area contributed by atoms with Crippen molar-refractivity contribution in [1.82, 2.24) is 10.6 Å². The second kappa shape index (κ2) is 17.4. The molecule has 12 heteroatoms. The second-order valence-corrected chi connectivity index (χ2v) is 7.74. The number of likely N-dealkylation sites (N-methyl/N-ethyl adjacent to an activating group) is 1. The molecule has 0 fully saturated rings. The van der Waals surface area contributed by atoms with Crippen LogP contribution in [0.4, 0.5) is 9.59 Å². The van der Waals surface area contributed by atoms with Crippen LogP contribution in [0, 0.1) is 0 Å². The maximum absolute atomic E-state index is 11.8. The number of carbonyl (C=O) groups is 4. The molecule has 0 aliphatic heterocycles. The van der Waals surface area contributed by atoms with Gasteiger partial charge in [-0.05, 0) is 13.8 Å². The number of hydrogen-bond acceptors (Lipinski definition) is 9. The Hall–Kier alpha value is -3.12. The molecular weight excluding hydrogens is 450 g/mol. The van der Waals surface area contributed by atoms with Crippen LogP contribution >= 0.6 is 0 Å². The topological polar surface area (TPSA) is 138 Å². The number of quaternary nitrogens is 1. The lowest BCUT2D eigenvalue weighted by molar-refractivity contribution is -0.910. The van der Waals surface area contributed by atoms with E-state index in [0.29, 0.717) is 30.7 Å². The van der Waals surface area contributed by atoms with Gasteiger partial charge in [0.1, 0.15) is 46.1 Å². The van der Waals surface area contributed by atoms with Crippen molar-refractivity contribution in [2.75, 3.05) is 79.9 Å². The van der Waals surface area contributed by atoms with Gasteiger partial charge in [0.2, 0.25) is 0 Å². The summed E-state index contributed by atoms with van der Waals surface area (Å²) in [6.07, 6.45) is -1.26. The summed E-state index contributed by atoms with van der Waals surface area (Å²) >= 11 is 0. The molecule has 0 aliphatic rings. The van der Waals surface area contributed by atoms with Crippen LogP contribution in [-0.2, 0) is 33.3 Å². The van der Waals surface area contributed by atoms with E-state index in [0.717, 1.165) is 0 Å². The van der Waals surface area contributed by atoms with Crippen LogP contribution in [0.15, 0.2) is 24.3 Å². The molecular formula is C22H38N3O9+. The van der Waals surface area contributed by atoms with E-state index >= 15 is 0 Å². The minimum Gasteiger partial charge on any atom is -0.460 e. The van der Waals surface area contributed by atoms with Crippen molar-refractivity contribution in [3.05, 3.63) is 24.3 Å². The monoisotopic (exact) mass is 488 g/mol. The highest BCUT2D eigenvalue weighted by Gasteiger charge is 2.23. The van der Waals surface area contributed by atoms with Crippen molar-refractivity contribution in [2.24, 2.45) is 0 Å². The zero-order valence-corrected chi connectivity index (χ0v) is 20.6. The fraction of sp³-hybridized carbons (Fsp3) is 0.636. The first kappa shape index (κ1) is 30.9. The van der Waals surface area contributed by atoms with E-state index in [1.165, 1.54) is 13.8 Å². The highest BCUT2D eigenvalue weighted by Crippen LogP contribution is 2.03. The molecule has 12 nitrogen and oxygen atoms in total. The quantitative estimate of drug-likeness (QED) is 0.0999. The van der Waals surface area contributed by atoms with Crippen LogP contribution < -0.4 is 10.6 Å². The predicted octanol–water partition coefficient (Wildman–Crippen LogP) is 0.770. The molecule has 0 atom stereocenters. The second-order valence-electron chi connectivity index (χ2n) is 7.74. The van der Waals surface area contributed by atoms with Crippen molar-refractivity contribution in [2.45, 2.75) is 13.8 Å². The molecule has 0 aromatic heterocycles. The fourth-order valence-electron chi connectivity index (χ4n) is 2.31. The fourth-order valence-corrected chi connectivity index (χ4v) is 2.31. The summed E-state index contributed by atoms with van der Waals surface area (Å²) in [7, 11) is 3.51. The molecule has 0 aromatic rings. The number of methoxy groups -OCH3 is 1.